The molecule has 0 spiro atoms. The van der Waals surface area contributed by atoms with Crippen molar-refractivity contribution in [3.8, 4) is 0 Å². The second-order valence-electron chi connectivity index (χ2n) is 6.84. The van der Waals surface area contributed by atoms with E-state index < -0.39 is 0 Å². The first-order valence-electron chi connectivity index (χ1n) is 9.52. The molecule has 1 aromatic carbocycles. The molecule has 1 aromatic rings. The number of benzene rings is 1. The van der Waals surface area contributed by atoms with E-state index in [9.17, 15) is 4.79 Å². The largest absolute Gasteiger partial charge is 0.370 e. The first-order chi connectivity index (χ1) is 12.7. The number of piperazine rings is 1. The molecule has 0 unspecified atom stereocenters. The van der Waals surface area contributed by atoms with E-state index in [1.807, 2.05) is 35.2 Å². The average Bonchev–Trinajstić information content (AvgIpc) is 2.72. The van der Waals surface area contributed by atoms with E-state index >= 15 is 0 Å². The minimum Gasteiger partial charge on any atom is -0.370 e. The lowest BCUT2D eigenvalue weighted by Gasteiger charge is -2.36. The third kappa shape index (κ3) is 5.40. The number of hydrogen-bond acceptors (Lipinski definition) is 3. The lowest BCUT2D eigenvalue weighted by atomic mass is 10.2. The summed E-state index contributed by atoms with van der Waals surface area (Å²) in [6, 6.07) is 9.48. The van der Waals surface area contributed by atoms with Crippen molar-refractivity contribution in [2.24, 2.45) is 0 Å². The number of thiocarbonyl (C=S) groups is 1. The highest BCUT2D eigenvalue weighted by molar-refractivity contribution is 7.80. The zero-order valence-corrected chi connectivity index (χ0v) is 16.1. The highest BCUT2D eigenvalue weighted by atomic mass is 32.1. The number of carbonyl (C=O) groups is 1. The van der Waals surface area contributed by atoms with Crippen LogP contribution in [0.4, 0.5) is 0 Å². The van der Waals surface area contributed by atoms with Crippen molar-refractivity contribution in [2.45, 2.75) is 6.42 Å². The monoisotopic (exact) mass is 377 g/mol. The Balaban J connectivity index is 1.33. The van der Waals surface area contributed by atoms with Crippen molar-refractivity contribution in [3.63, 3.8) is 0 Å². The summed E-state index contributed by atoms with van der Waals surface area (Å²) in [6.45, 7) is 9.08. The molecule has 2 heterocycles. The van der Waals surface area contributed by atoms with Crippen molar-refractivity contribution >= 4 is 23.2 Å². The summed E-state index contributed by atoms with van der Waals surface area (Å²) in [5.41, 5.74) is 0.757. The molecular weight excluding hydrogens is 348 g/mol. The summed E-state index contributed by atoms with van der Waals surface area (Å²) in [5, 5.41) is 4.19. The van der Waals surface area contributed by atoms with Gasteiger partial charge in [0.15, 0.2) is 5.11 Å². The van der Waals surface area contributed by atoms with Crippen molar-refractivity contribution in [1.82, 2.24) is 15.1 Å². The smallest absolute Gasteiger partial charge is 0.253 e. The highest BCUT2D eigenvalue weighted by Crippen LogP contribution is 2.08. The van der Waals surface area contributed by atoms with Gasteiger partial charge >= 0.3 is 0 Å². The molecule has 3 rings (SSSR count). The molecule has 6 nitrogen and oxygen atoms in total. The predicted molar refractivity (Wildman–Crippen MR) is 106 cm³/mol. The Kier molecular flexibility index (Phi) is 7.22. The summed E-state index contributed by atoms with van der Waals surface area (Å²) in [6.07, 6.45) is 1.11. The van der Waals surface area contributed by atoms with Gasteiger partial charge in [0.2, 0.25) is 0 Å². The molecule has 0 radical (unpaired) electrons. The third-order valence-corrected chi connectivity index (χ3v) is 5.46. The van der Waals surface area contributed by atoms with Crippen LogP contribution in [0.2, 0.25) is 0 Å². The minimum atomic E-state index is 0.109. The Hall–Kier alpha value is -1.70. The van der Waals surface area contributed by atoms with Gasteiger partial charge in [0.05, 0.1) is 19.8 Å². The van der Waals surface area contributed by atoms with Crippen LogP contribution in [0, 0.1) is 0 Å². The van der Waals surface area contributed by atoms with Crippen molar-refractivity contribution in [1.29, 1.82) is 0 Å². The number of rotatable bonds is 5. The summed E-state index contributed by atoms with van der Waals surface area (Å²) in [7, 11) is 0. The van der Waals surface area contributed by atoms with Crippen molar-refractivity contribution in [3.05, 3.63) is 35.9 Å². The Bertz CT molecular complexity index is 584. The van der Waals surface area contributed by atoms with Crippen LogP contribution < -0.4 is 10.2 Å². The Morgan fingerprint density at radius 1 is 1.08 bits per heavy atom. The van der Waals surface area contributed by atoms with Gasteiger partial charge in [0.1, 0.15) is 13.1 Å². The van der Waals surface area contributed by atoms with Gasteiger partial charge in [-0.25, -0.2) is 0 Å². The molecule has 2 saturated heterocycles. The summed E-state index contributed by atoms with van der Waals surface area (Å²) in [4.78, 5) is 18.2. The Morgan fingerprint density at radius 3 is 2.42 bits per heavy atom. The van der Waals surface area contributed by atoms with Gasteiger partial charge in [0.25, 0.3) is 5.91 Å². The zero-order chi connectivity index (χ0) is 18.2. The summed E-state index contributed by atoms with van der Waals surface area (Å²) >= 11 is 5.53. The van der Waals surface area contributed by atoms with Crippen LogP contribution in [0.1, 0.15) is 16.8 Å². The lowest BCUT2D eigenvalue weighted by Crippen LogP contribution is -3.14. The molecule has 1 amide bonds. The maximum atomic E-state index is 12.5. The van der Waals surface area contributed by atoms with Crippen LogP contribution in [-0.4, -0.2) is 86.4 Å². The minimum absolute atomic E-state index is 0.109. The SMILES string of the molecule is O=C(c1ccccc1)N1CCN(C(=S)NCCC[NH+]2CCOCC2)CC1. The number of carbonyl (C=O) groups excluding carboxylic acids is 1. The topological polar surface area (TPSA) is 49.2 Å². The molecule has 2 aliphatic heterocycles. The molecule has 0 bridgehead atoms. The highest BCUT2D eigenvalue weighted by Gasteiger charge is 2.23. The maximum Gasteiger partial charge on any atom is 0.253 e. The normalized spacial score (nSPS) is 18.6. The number of morpholine rings is 1. The number of amides is 1. The first kappa shape index (κ1) is 19.1. The number of quaternary nitrogens is 1. The van der Waals surface area contributed by atoms with Crippen LogP contribution >= 0.6 is 12.2 Å². The molecule has 26 heavy (non-hydrogen) atoms. The fraction of sp³-hybridized carbons (Fsp3) is 0.579. The zero-order valence-electron chi connectivity index (χ0n) is 15.3. The fourth-order valence-corrected chi connectivity index (χ4v) is 3.72. The van der Waals surface area contributed by atoms with E-state index in [0.717, 1.165) is 63.0 Å². The molecule has 0 aromatic heterocycles. The number of ether oxygens (including phenoxy) is 1. The average molecular weight is 378 g/mol. The second kappa shape index (κ2) is 9.85. The van der Waals surface area contributed by atoms with Gasteiger partial charge in [-0.15, -0.1) is 0 Å². The van der Waals surface area contributed by atoms with Gasteiger partial charge in [-0.2, -0.15) is 0 Å². The predicted octanol–water partition coefficient (Wildman–Crippen LogP) is -0.376. The van der Waals surface area contributed by atoms with Gasteiger partial charge < -0.3 is 24.8 Å². The van der Waals surface area contributed by atoms with Crippen LogP contribution in [0.3, 0.4) is 0 Å². The molecule has 2 aliphatic rings. The summed E-state index contributed by atoms with van der Waals surface area (Å²) < 4.78 is 5.39. The molecule has 2 N–H and O–H groups in total. The van der Waals surface area contributed by atoms with E-state index in [4.69, 9.17) is 17.0 Å². The van der Waals surface area contributed by atoms with Crippen LogP contribution in [0.15, 0.2) is 30.3 Å². The molecule has 0 aliphatic carbocycles. The van der Waals surface area contributed by atoms with Crippen LogP contribution in [-0.2, 0) is 4.74 Å². The van der Waals surface area contributed by atoms with Gasteiger partial charge in [0, 0.05) is 44.7 Å². The van der Waals surface area contributed by atoms with Gasteiger partial charge in [-0.1, -0.05) is 18.2 Å². The van der Waals surface area contributed by atoms with Gasteiger partial charge in [-0.3, -0.25) is 4.79 Å². The van der Waals surface area contributed by atoms with Gasteiger partial charge in [-0.05, 0) is 24.4 Å². The van der Waals surface area contributed by atoms with Crippen LogP contribution in [0.5, 0.6) is 0 Å². The number of nitrogens with one attached hydrogen (secondary N) is 2. The second-order valence-corrected chi connectivity index (χ2v) is 7.23. The standard InChI is InChI=1S/C19H28N4O2S/c24-18(17-5-2-1-3-6-17)22-9-11-23(12-10-22)19(26)20-7-4-8-21-13-15-25-16-14-21/h1-3,5-6H,4,7-16H2,(H,20,26)/p+1. The number of hydrogen-bond donors (Lipinski definition) is 2. The Labute approximate surface area is 161 Å². The molecule has 142 valence electrons. The summed E-state index contributed by atoms with van der Waals surface area (Å²) in [5.74, 6) is 0.109. The van der Waals surface area contributed by atoms with Crippen molar-refractivity contribution in [2.75, 3.05) is 65.6 Å². The Morgan fingerprint density at radius 2 is 1.73 bits per heavy atom. The van der Waals surface area contributed by atoms with E-state index in [-0.39, 0.29) is 5.91 Å². The molecule has 0 saturated carbocycles. The lowest BCUT2D eigenvalue weighted by molar-refractivity contribution is -0.908. The van der Waals surface area contributed by atoms with Crippen LogP contribution in [0.25, 0.3) is 0 Å². The molecular formula is C19H29N4O2S+. The molecule has 2 fully saturated rings. The maximum absolute atomic E-state index is 12.5. The van der Waals surface area contributed by atoms with Crippen molar-refractivity contribution < 1.29 is 14.4 Å². The van der Waals surface area contributed by atoms with E-state index in [0.29, 0.717) is 13.1 Å². The number of nitrogens with zero attached hydrogens (tertiary/aromatic N) is 2. The molecule has 7 heteroatoms. The first-order valence-corrected chi connectivity index (χ1v) is 9.93. The fourth-order valence-electron chi connectivity index (χ4n) is 3.43. The van der Waals surface area contributed by atoms with E-state index in [2.05, 4.69) is 10.2 Å². The van der Waals surface area contributed by atoms with E-state index in [1.165, 1.54) is 6.54 Å². The third-order valence-electron chi connectivity index (χ3n) is 5.06. The van der Waals surface area contributed by atoms with E-state index in [1.54, 1.807) is 4.90 Å². The quantitative estimate of drug-likeness (QED) is 0.541. The molecule has 0 atom stereocenters.